The number of nitrogens with zero attached hydrogens (tertiary/aromatic N) is 2. The Morgan fingerprint density at radius 2 is 0.591 bits per heavy atom. The Morgan fingerprint density at radius 1 is 0.409 bits per heavy atom. The average Bonchev–Trinajstić information content (AvgIpc) is 2.79. The summed E-state index contributed by atoms with van der Waals surface area (Å²) in [6.07, 6.45) is -3.98. The topological polar surface area (TPSA) is 180 Å². The summed E-state index contributed by atoms with van der Waals surface area (Å²) < 4.78 is 21.4. The van der Waals surface area contributed by atoms with Crippen molar-refractivity contribution in [3.8, 4) is 0 Å². The minimum Gasteiger partial charge on any atom is -0.461 e. The van der Waals surface area contributed by atoms with Crippen molar-refractivity contribution in [2.45, 2.75) is 105 Å². The van der Waals surface area contributed by atoms with Crippen molar-refractivity contribution in [1.82, 2.24) is 9.80 Å². The Morgan fingerprint density at radius 3 is 0.750 bits per heavy atom. The number of rotatable bonds is 23. The average molecular weight is 629 g/mol. The van der Waals surface area contributed by atoms with E-state index in [1.165, 1.54) is 27.7 Å². The van der Waals surface area contributed by atoms with Crippen LogP contribution in [0.2, 0.25) is 0 Å². The molecule has 0 amide bonds. The molecule has 4 unspecified atom stereocenters. The first-order valence-electron chi connectivity index (χ1n) is 14.6. The van der Waals surface area contributed by atoms with Crippen LogP contribution in [0, 0.1) is 0 Å². The zero-order valence-electron chi connectivity index (χ0n) is 27.2. The van der Waals surface area contributed by atoms with E-state index in [0.717, 1.165) is 0 Å². The van der Waals surface area contributed by atoms with Crippen LogP contribution in [0.5, 0.6) is 0 Å². The van der Waals surface area contributed by atoms with E-state index in [1.54, 1.807) is 27.7 Å². The summed E-state index contributed by atoms with van der Waals surface area (Å²) in [6.45, 7) is 13.2. The molecule has 0 heterocycles. The van der Waals surface area contributed by atoms with Crippen LogP contribution in [0.15, 0.2) is 0 Å². The monoisotopic (exact) mass is 628 g/mol. The molecule has 4 atom stereocenters. The van der Waals surface area contributed by atoms with Gasteiger partial charge in [0.1, 0.15) is 73.2 Å². The van der Waals surface area contributed by atoms with Gasteiger partial charge in [-0.2, -0.15) is 0 Å². The van der Waals surface area contributed by atoms with Crippen molar-refractivity contribution in [1.29, 1.82) is 0 Å². The van der Waals surface area contributed by atoms with Gasteiger partial charge in [0.2, 0.25) is 0 Å². The first-order chi connectivity index (χ1) is 20.4. The lowest BCUT2D eigenvalue weighted by Crippen LogP contribution is -2.46. The predicted octanol–water partition coefficient (Wildman–Crippen LogP) is 1.23. The molecular weight excluding hydrogens is 580 g/mol. The molecular formula is C30H48N2O12. The van der Waals surface area contributed by atoms with Crippen LogP contribution in [0.25, 0.3) is 0 Å². The first kappa shape index (κ1) is 40.5. The lowest BCUT2D eigenvalue weighted by atomic mass is 10.2. The molecule has 0 aliphatic heterocycles. The van der Waals surface area contributed by atoms with Gasteiger partial charge in [-0.05, 0) is 55.4 Å². The molecule has 0 aromatic rings. The van der Waals surface area contributed by atoms with E-state index in [0.29, 0.717) is 13.1 Å². The molecule has 0 aromatic carbocycles. The number of hydrogen-bond acceptors (Lipinski definition) is 14. The SMILES string of the molecule is CC(=O)CC(=O)OC(C)CN(CCN(CC(C)OC(=O)CC(C)=O)CC(C)OC(=O)CC(C)=O)CC(C)OC(=O)CC(C)=O. The minimum absolute atomic E-state index is 0.207. The second-order valence-electron chi connectivity index (χ2n) is 11.2. The van der Waals surface area contributed by atoms with Crippen LogP contribution >= 0.6 is 0 Å². The molecule has 14 heteroatoms. The number of ketones is 4. The molecule has 0 N–H and O–H groups in total. The van der Waals surface area contributed by atoms with Gasteiger partial charge in [-0.3, -0.25) is 48.2 Å². The van der Waals surface area contributed by atoms with Crippen molar-refractivity contribution in [2.24, 2.45) is 0 Å². The summed E-state index contributed by atoms with van der Waals surface area (Å²) in [5, 5.41) is 0. The van der Waals surface area contributed by atoms with Gasteiger partial charge in [-0.15, -0.1) is 0 Å². The highest BCUT2D eigenvalue weighted by Gasteiger charge is 2.23. The van der Waals surface area contributed by atoms with Crippen LogP contribution in [0.4, 0.5) is 0 Å². The summed E-state index contributed by atoms with van der Waals surface area (Å²) in [4.78, 5) is 97.0. The fraction of sp³-hybridized carbons (Fsp3) is 0.733. The minimum atomic E-state index is -0.671. The van der Waals surface area contributed by atoms with E-state index >= 15 is 0 Å². The van der Waals surface area contributed by atoms with Gasteiger partial charge in [0.25, 0.3) is 0 Å². The summed E-state index contributed by atoms with van der Waals surface area (Å²) in [5.74, 6) is -4.03. The Balaban J connectivity index is 5.73. The molecule has 250 valence electrons. The maximum atomic E-state index is 12.0. The van der Waals surface area contributed by atoms with Crippen LogP contribution < -0.4 is 0 Å². The Kier molecular flexibility index (Phi) is 19.5. The van der Waals surface area contributed by atoms with Crippen molar-refractivity contribution in [3.63, 3.8) is 0 Å². The highest BCUT2D eigenvalue weighted by molar-refractivity contribution is 5.95. The van der Waals surface area contributed by atoms with Crippen molar-refractivity contribution >= 4 is 47.0 Å². The van der Waals surface area contributed by atoms with Gasteiger partial charge in [-0.1, -0.05) is 0 Å². The molecule has 0 bridgehead atoms. The van der Waals surface area contributed by atoms with Crippen molar-refractivity contribution < 1.29 is 57.3 Å². The van der Waals surface area contributed by atoms with Crippen molar-refractivity contribution in [2.75, 3.05) is 39.3 Å². The number of hydrogen-bond donors (Lipinski definition) is 0. The fourth-order valence-corrected chi connectivity index (χ4v) is 4.28. The molecule has 0 spiro atoms. The fourth-order valence-electron chi connectivity index (χ4n) is 4.28. The maximum Gasteiger partial charge on any atom is 0.313 e. The maximum absolute atomic E-state index is 12.0. The first-order valence-corrected chi connectivity index (χ1v) is 14.6. The second kappa shape index (κ2) is 21.2. The highest BCUT2D eigenvalue weighted by atomic mass is 16.6. The summed E-state index contributed by atoms with van der Waals surface area (Å²) in [6, 6.07) is 0. The van der Waals surface area contributed by atoms with Gasteiger partial charge in [-0.25, -0.2) is 0 Å². The molecule has 14 nitrogen and oxygen atoms in total. The van der Waals surface area contributed by atoms with Crippen LogP contribution in [0.3, 0.4) is 0 Å². The molecule has 0 fully saturated rings. The molecule has 0 radical (unpaired) electrons. The van der Waals surface area contributed by atoms with Crippen molar-refractivity contribution in [3.05, 3.63) is 0 Å². The lowest BCUT2D eigenvalue weighted by Gasteiger charge is -2.32. The number of ether oxygens (including phenoxy) is 4. The van der Waals surface area contributed by atoms with Gasteiger partial charge >= 0.3 is 23.9 Å². The predicted molar refractivity (Wildman–Crippen MR) is 156 cm³/mol. The van der Waals surface area contributed by atoms with E-state index in [1.807, 2.05) is 9.80 Å². The molecule has 0 aliphatic rings. The third-order valence-corrected chi connectivity index (χ3v) is 5.70. The molecule has 44 heavy (non-hydrogen) atoms. The van der Waals surface area contributed by atoms with Crippen LogP contribution in [-0.2, 0) is 57.3 Å². The number of carbonyl (C=O) groups is 8. The van der Waals surface area contributed by atoms with Crippen LogP contribution in [-0.4, -0.2) is 120 Å². The molecule has 0 saturated carbocycles. The highest BCUT2D eigenvalue weighted by Crippen LogP contribution is 2.08. The Labute approximate surface area is 259 Å². The third-order valence-electron chi connectivity index (χ3n) is 5.70. The standard InChI is InChI=1S/C30H48N2O12/c1-19(33)11-27(37)41-23(5)15-31(16-24(6)42-28(38)12-20(2)34)9-10-32(17-25(7)43-29(39)13-21(3)35)18-26(8)44-30(40)14-22(4)36/h23-26H,9-18H2,1-8H3. The summed E-state index contributed by atoms with van der Waals surface area (Å²) >= 11 is 0. The van der Waals surface area contributed by atoms with E-state index in [4.69, 9.17) is 18.9 Å². The molecule has 0 aliphatic carbocycles. The molecule has 0 aromatic heterocycles. The van der Waals surface area contributed by atoms with E-state index in [-0.39, 0.29) is 75.0 Å². The lowest BCUT2D eigenvalue weighted by molar-refractivity contribution is -0.155. The van der Waals surface area contributed by atoms with Gasteiger partial charge in [0.15, 0.2) is 0 Å². The normalized spacial score (nSPS) is 13.8. The number of esters is 4. The number of carbonyl (C=O) groups excluding carboxylic acids is 8. The smallest absolute Gasteiger partial charge is 0.313 e. The van der Waals surface area contributed by atoms with Gasteiger partial charge < -0.3 is 18.9 Å². The van der Waals surface area contributed by atoms with Gasteiger partial charge in [0.05, 0.1) is 0 Å². The summed E-state index contributed by atoms with van der Waals surface area (Å²) in [7, 11) is 0. The zero-order chi connectivity index (χ0) is 34.0. The van der Waals surface area contributed by atoms with Crippen LogP contribution in [0.1, 0.15) is 81.1 Å². The molecule has 0 saturated heterocycles. The van der Waals surface area contributed by atoms with E-state index < -0.39 is 48.3 Å². The quantitative estimate of drug-likeness (QED) is 0.0895. The zero-order valence-corrected chi connectivity index (χ0v) is 27.2. The second-order valence-corrected chi connectivity index (χ2v) is 11.2. The number of Topliss-reactive ketones (excluding diaryl/α,β-unsaturated/α-hetero) is 4. The largest absolute Gasteiger partial charge is 0.461 e. The summed E-state index contributed by atoms with van der Waals surface area (Å²) in [5.41, 5.74) is 0. The van der Waals surface area contributed by atoms with E-state index in [9.17, 15) is 38.4 Å². The molecule has 0 rings (SSSR count). The third kappa shape index (κ3) is 22.1. The Hall–Kier alpha value is -3.52. The van der Waals surface area contributed by atoms with Gasteiger partial charge in [0, 0.05) is 39.3 Å². The Bertz CT molecular complexity index is 871. The van der Waals surface area contributed by atoms with E-state index in [2.05, 4.69) is 0 Å².